The third kappa shape index (κ3) is 7.26. The van der Waals surface area contributed by atoms with Crippen molar-refractivity contribution in [3.63, 3.8) is 0 Å². The summed E-state index contributed by atoms with van der Waals surface area (Å²) in [7, 11) is 1.29. The van der Waals surface area contributed by atoms with Crippen LogP contribution >= 0.6 is 13.5 Å². The number of Topliss-reactive ketones (excluding diaryl/α,β-unsaturated/α-hetero) is 1. The monoisotopic (exact) mass is 263 g/mol. The number of rotatable bonds is 4. The van der Waals surface area contributed by atoms with Gasteiger partial charge in [0.2, 0.25) is 0 Å². The lowest BCUT2D eigenvalue weighted by molar-refractivity contribution is -0.128. The van der Waals surface area contributed by atoms with Crippen LogP contribution in [-0.4, -0.2) is 25.0 Å². The maximum Gasteiger partial charge on any atom is 0.407 e. The minimum Gasteiger partial charge on any atom is -0.453 e. The van der Waals surface area contributed by atoms with E-state index in [0.717, 1.165) is 0 Å². The molecule has 17 heavy (non-hydrogen) atoms. The van der Waals surface area contributed by atoms with E-state index in [1.165, 1.54) is 7.11 Å². The van der Waals surface area contributed by atoms with Crippen LogP contribution in [0.2, 0.25) is 0 Å². The van der Waals surface area contributed by atoms with Crippen molar-refractivity contribution in [2.24, 2.45) is 11.3 Å². The molecule has 102 valence electrons. The molecule has 0 radical (unpaired) electrons. The van der Waals surface area contributed by atoms with Crippen LogP contribution in [-0.2, 0) is 9.53 Å². The highest BCUT2D eigenvalue weighted by Crippen LogP contribution is 2.20. The zero-order valence-electron chi connectivity index (χ0n) is 11.6. The number of carbonyl (C=O) groups is 2. The lowest BCUT2D eigenvalue weighted by Crippen LogP contribution is -2.46. The first kappa shape index (κ1) is 18.6. The lowest BCUT2D eigenvalue weighted by Gasteiger charge is -2.26. The molecule has 4 nitrogen and oxygen atoms in total. The second-order valence-electron chi connectivity index (χ2n) is 5.43. The summed E-state index contributed by atoms with van der Waals surface area (Å²) in [4.78, 5) is 23.2. The molecule has 0 aliphatic carbocycles. The van der Waals surface area contributed by atoms with E-state index < -0.39 is 17.6 Å². The lowest BCUT2D eigenvalue weighted by atomic mass is 9.83. The van der Waals surface area contributed by atoms with Gasteiger partial charge in [0.05, 0.1) is 13.2 Å². The van der Waals surface area contributed by atoms with Gasteiger partial charge in [-0.05, 0) is 12.3 Å². The Balaban J connectivity index is 0. The molecule has 0 aliphatic rings. The van der Waals surface area contributed by atoms with Crippen LogP contribution in [0.4, 0.5) is 4.79 Å². The van der Waals surface area contributed by atoms with Crippen molar-refractivity contribution in [3.05, 3.63) is 0 Å². The zero-order valence-corrected chi connectivity index (χ0v) is 12.6. The van der Waals surface area contributed by atoms with Crippen LogP contribution in [0.1, 0.15) is 41.0 Å². The quantitative estimate of drug-likeness (QED) is 0.847. The summed E-state index contributed by atoms with van der Waals surface area (Å²) in [5.74, 6) is 0.375. The standard InChI is InChI=1S/C12H23NO3.H2S/c1-8(2)7-9(13-11(15)16-6)10(14)12(3,4)5;/h8-9H,7H2,1-6H3,(H,13,15);1H2/t9-;/m0./s1. The van der Waals surface area contributed by atoms with E-state index in [4.69, 9.17) is 0 Å². The summed E-state index contributed by atoms with van der Waals surface area (Å²) in [6.07, 6.45) is 0.0776. The minimum atomic E-state index is -0.553. The van der Waals surface area contributed by atoms with Crippen molar-refractivity contribution >= 4 is 25.4 Å². The normalized spacial score (nSPS) is 12.6. The van der Waals surface area contributed by atoms with Crippen LogP contribution in [0.5, 0.6) is 0 Å². The minimum absolute atomic E-state index is 0. The summed E-state index contributed by atoms with van der Waals surface area (Å²) in [5, 5.41) is 2.59. The van der Waals surface area contributed by atoms with Crippen LogP contribution in [0.25, 0.3) is 0 Å². The number of ether oxygens (including phenoxy) is 1. The van der Waals surface area contributed by atoms with Crippen LogP contribution < -0.4 is 5.32 Å². The fraction of sp³-hybridized carbons (Fsp3) is 0.833. The first-order valence-electron chi connectivity index (χ1n) is 5.57. The average Bonchev–Trinajstić information content (AvgIpc) is 2.13. The first-order chi connectivity index (χ1) is 7.18. The van der Waals surface area contributed by atoms with Crippen molar-refractivity contribution in [1.82, 2.24) is 5.32 Å². The Morgan fingerprint density at radius 1 is 1.24 bits per heavy atom. The van der Waals surface area contributed by atoms with Gasteiger partial charge in [0.15, 0.2) is 5.78 Å². The average molecular weight is 263 g/mol. The second-order valence-corrected chi connectivity index (χ2v) is 5.43. The molecule has 0 aromatic carbocycles. The Labute approximate surface area is 111 Å². The predicted molar refractivity (Wildman–Crippen MR) is 73.6 cm³/mol. The third-order valence-electron chi connectivity index (χ3n) is 2.24. The Morgan fingerprint density at radius 2 is 1.71 bits per heavy atom. The largest absolute Gasteiger partial charge is 0.453 e. The molecule has 0 saturated carbocycles. The Morgan fingerprint density at radius 3 is 2.00 bits per heavy atom. The molecular formula is C12H25NO3S. The van der Waals surface area contributed by atoms with Crippen molar-refractivity contribution in [1.29, 1.82) is 0 Å². The van der Waals surface area contributed by atoms with Gasteiger partial charge in [-0.1, -0.05) is 34.6 Å². The Bertz CT molecular complexity index is 259. The molecule has 0 spiro atoms. The zero-order chi connectivity index (χ0) is 12.9. The topological polar surface area (TPSA) is 55.4 Å². The van der Waals surface area contributed by atoms with Gasteiger partial charge in [-0.15, -0.1) is 0 Å². The number of ketones is 1. The highest BCUT2D eigenvalue weighted by Gasteiger charge is 2.31. The number of amides is 1. The van der Waals surface area contributed by atoms with Gasteiger partial charge in [0.25, 0.3) is 0 Å². The highest BCUT2D eigenvalue weighted by molar-refractivity contribution is 7.59. The number of hydrogen-bond acceptors (Lipinski definition) is 3. The van der Waals surface area contributed by atoms with Crippen LogP contribution in [0, 0.1) is 11.3 Å². The van der Waals surface area contributed by atoms with Gasteiger partial charge >= 0.3 is 6.09 Å². The molecule has 0 rings (SSSR count). The van der Waals surface area contributed by atoms with Crippen molar-refractivity contribution in [2.75, 3.05) is 7.11 Å². The van der Waals surface area contributed by atoms with Crippen molar-refractivity contribution in [3.8, 4) is 0 Å². The maximum atomic E-state index is 12.1. The van der Waals surface area contributed by atoms with E-state index in [0.29, 0.717) is 12.3 Å². The molecule has 0 heterocycles. The highest BCUT2D eigenvalue weighted by atomic mass is 32.1. The molecule has 0 aromatic rings. The van der Waals surface area contributed by atoms with E-state index >= 15 is 0 Å². The van der Waals surface area contributed by atoms with E-state index in [1.54, 1.807) is 0 Å². The first-order valence-corrected chi connectivity index (χ1v) is 5.57. The van der Waals surface area contributed by atoms with E-state index in [2.05, 4.69) is 10.1 Å². The van der Waals surface area contributed by atoms with Crippen molar-refractivity contribution in [2.45, 2.75) is 47.1 Å². The number of hydrogen-bond donors (Lipinski definition) is 1. The third-order valence-corrected chi connectivity index (χ3v) is 2.24. The summed E-state index contributed by atoms with van der Waals surface area (Å²) >= 11 is 0. The molecule has 0 aromatic heterocycles. The summed E-state index contributed by atoms with van der Waals surface area (Å²) < 4.78 is 4.52. The summed E-state index contributed by atoms with van der Waals surface area (Å²) in [6.45, 7) is 9.58. The van der Waals surface area contributed by atoms with Crippen molar-refractivity contribution < 1.29 is 14.3 Å². The summed E-state index contributed by atoms with van der Waals surface area (Å²) in [5.41, 5.74) is -0.458. The molecular weight excluding hydrogens is 238 g/mol. The molecule has 0 saturated heterocycles. The molecule has 0 unspecified atom stereocenters. The van der Waals surface area contributed by atoms with E-state index in [9.17, 15) is 9.59 Å². The number of alkyl carbamates (subject to hydrolysis) is 1. The fourth-order valence-corrected chi connectivity index (χ4v) is 1.43. The molecule has 1 N–H and O–H groups in total. The molecule has 0 fully saturated rings. The number of nitrogens with one attached hydrogen (secondary N) is 1. The van der Waals surface area contributed by atoms with Crippen LogP contribution in [0.3, 0.4) is 0 Å². The van der Waals surface area contributed by atoms with Gasteiger partial charge in [-0.3, -0.25) is 4.79 Å². The smallest absolute Gasteiger partial charge is 0.407 e. The molecule has 1 amide bonds. The number of carbonyl (C=O) groups excluding carboxylic acids is 2. The maximum absolute atomic E-state index is 12.1. The molecule has 1 atom stereocenters. The predicted octanol–water partition coefficient (Wildman–Crippen LogP) is 2.49. The van der Waals surface area contributed by atoms with E-state index in [-0.39, 0.29) is 19.3 Å². The second kappa shape index (κ2) is 7.58. The SMILES string of the molecule is COC(=O)N[C@@H](CC(C)C)C(=O)C(C)(C)C.S. The fourth-order valence-electron chi connectivity index (χ4n) is 1.43. The van der Waals surface area contributed by atoms with Gasteiger partial charge in [-0.2, -0.15) is 13.5 Å². The number of methoxy groups -OCH3 is 1. The summed E-state index contributed by atoms with van der Waals surface area (Å²) in [6, 6.07) is -0.465. The Kier molecular flexibility index (Phi) is 8.32. The van der Waals surface area contributed by atoms with Gasteiger partial charge in [0, 0.05) is 5.41 Å². The van der Waals surface area contributed by atoms with Crippen LogP contribution in [0.15, 0.2) is 0 Å². The van der Waals surface area contributed by atoms with Gasteiger partial charge in [0.1, 0.15) is 0 Å². The molecule has 0 aliphatic heterocycles. The van der Waals surface area contributed by atoms with Gasteiger partial charge < -0.3 is 10.1 Å². The van der Waals surface area contributed by atoms with Gasteiger partial charge in [-0.25, -0.2) is 4.79 Å². The Hall–Kier alpha value is -0.710. The van der Waals surface area contributed by atoms with E-state index in [1.807, 2.05) is 34.6 Å². The molecule has 0 bridgehead atoms. The molecule has 5 heteroatoms.